The Balaban J connectivity index is 3.03. The smallest absolute Gasteiger partial charge is 0.0385 e. The highest BCUT2D eigenvalue weighted by Gasteiger charge is 2.02. The van der Waals surface area contributed by atoms with Crippen LogP contribution in [0.25, 0.3) is 0 Å². The van der Waals surface area contributed by atoms with Gasteiger partial charge < -0.3 is 0 Å². The van der Waals surface area contributed by atoms with Crippen LogP contribution in [0.15, 0.2) is 18.5 Å². The standard InChI is InChI=1S/C8H10BrN/c1-6-3-4-10-5-8(6)7(2)9/h3-5,7H,1-2H3/t7-/m1/s1. The van der Waals surface area contributed by atoms with Gasteiger partial charge >= 0.3 is 0 Å². The first-order valence-electron chi connectivity index (χ1n) is 3.26. The predicted molar refractivity (Wildman–Crippen MR) is 46.3 cm³/mol. The van der Waals surface area contributed by atoms with Gasteiger partial charge in [0.2, 0.25) is 0 Å². The van der Waals surface area contributed by atoms with Crippen LogP contribution in [0.2, 0.25) is 0 Å². The van der Waals surface area contributed by atoms with Crippen LogP contribution in [0, 0.1) is 6.92 Å². The molecule has 1 aromatic rings. The van der Waals surface area contributed by atoms with E-state index in [2.05, 4.69) is 34.8 Å². The molecule has 0 saturated carbocycles. The fraction of sp³-hybridized carbons (Fsp3) is 0.375. The third-order valence-electron chi connectivity index (χ3n) is 1.51. The molecule has 0 aliphatic heterocycles. The molecule has 0 bridgehead atoms. The van der Waals surface area contributed by atoms with Gasteiger partial charge in [0.05, 0.1) is 0 Å². The van der Waals surface area contributed by atoms with Gasteiger partial charge in [0.25, 0.3) is 0 Å². The minimum Gasteiger partial charge on any atom is -0.264 e. The molecule has 0 aromatic carbocycles. The van der Waals surface area contributed by atoms with E-state index in [-0.39, 0.29) is 0 Å². The largest absolute Gasteiger partial charge is 0.264 e. The van der Waals surface area contributed by atoms with Crippen LogP contribution in [0.5, 0.6) is 0 Å². The van der Waals surface area contributed by atoms with Gasteiger partial charge in [0.1, 0.15) is 0 Å². The molecule has 1 nitrogen and oxygen atoms in total. The summed E-state index contributed by atoms with van der Waals surface area (Å²) in [4.78, 5) is 4.44. The van der Waals surface area contributed by atoms with Gasteiger partial charge in [-0.2, -0.15) is 0 Å². The van der Waals surface area contributed by atoms with Crippen molar-refractivity contribution < 1.29 is 0 Å². The second-order valence-electron chi connectivity index (χ2n) is 2.35. The highest BCUT2D eigenvalue weighted by atomic mass is 79.9. The van der Waals surface area contributed by atoms with E-state index in [1.807, 2.05) is 18.5 Å². The van der Waals surface area contributed by atoms with E-state index in [0.717, 1.165) is 0 Å². The molecule has 54 valence electrons. The molecule has 0 saturated heterocycles. The molecule has 0 fully saturated rings. The zero-order valence-corrected chi connectivity index (χ0v) is 7.72. The van der Waals surface area contributed by atoms with Crippen molar-refractivity contribution in [2.45, 2.75) is 18.7 Å². The minimum absolute atomic E-state index is 0.404. The molecule has 0 aliphatic carbocycles. The molecule has 2 heteroatoms. The van der Waals surface area contributed by atoms with E-state index in [9.17, 15) is 0 Å². The lowest BCUT2D eigenvalue weighted by Crippen LogP contribution is -1.88. The van der Waals surface area contributed by atoms with Gasteiger partial charge in [0.15, 0.2) is 0 Å². The lowest BCUT2D eigenvalue weighted by atomic mass is 10.1. The Labute approximate surface area is 69.6 Å². The quantitative estimate of drug-likeness (QED) is 0.635. The fourth-order valence-corrected chi connectivity index (χ4v) is 1.37. The maximum Gasteiger partial charge on any atom is 0.0385 e. The number of alkyl halides is 1. The van der Waals surface area contributed by atoms with Crippen LogP contribution >= 0.6 is 15.9 Å². The van der Waals surface area contributed by atoms with Crippen LogP contribution in [0.1, 0.15) is 22.9 Å². The molecule has 1 rings (SSSR count). The number of halogens is 1. The van der Waals surface area contributed by atoms with Crippen molar-refractivity contribution in [1.29, 1.82) is 0 Å². The molecule has 0 N–H and O–H groups in total. The van der Waals surface area contributed by atoms with E-state index in [1.165, 1.54) is 11.1 Å². The van der Waals surface area contributed by atoms with Gasteiger partial charge in [-0.3, -0.25) is 4.98 Å². The topological polar surface area (TPSA) is 12.9 Å². The van der Waals surface area contributed by atoms with E-state index in [4.69, 9.17) is 0 Å². The Morgan fingerprint density at radius 3 is 2.70 bits per heavy atom. The molecule has 0 aliphatic rings. The van der Waals surface area contributed by atoms with Gasteiger partial charge in [0, 0.05) is 17.2 Å². The van der Waals surface area contributed by atoms with Crippen LogP contribution in [-0.2, 0) is 0 Å². The maximum atomic E-state index is 4.04. The van der Waals surface area contributed by atoms with Crippen molar-refractivity contribution in [2.75, 3.05) is 0 Å². The van der Waals surface area contributed by atoms with E-state index in [1.54, 1.807) is 0 Å². The molecule has 0 amide bonds. The number of nitrogens with zero attached hydrogens (tertiary/aromatic N) is 1. The van der Waals surface area contributed by atoms with Crippen molar-refractivity contribution in [3.63, 3.8) is 0 Å². The van der Waals surface area contributed by atoms with Crippen molar-refractivity contribution in [3.05, 3.63) is 29.6 Å². The van der Waals surface area contributed by atoms with E-state index < -0.39 is 0 Å². The first kappa shape index (κ1) is 7.73. The van der Waals surface area contributed by atoms with E-state index in [0.29, 0.717) is 4.83 Å². The Hall–Kier alpha value is -0.370. The Kier molecular flexibility index (Phi) is 2.44. The lowest BCUT2D eigenvalue weighted by Gasteiger charge is -2.04. The first-order valence-corrected chi connectivity index (χ1v) is 4.18. The number of aromatic nitrogens is 1. The highest BCUT2D eigenvalue weighted by molar-refractivity contribution is 9.09. The minimum atomic E-state index is 0.404. The summed E-state index contributed by atoms with van der Waals surface area (Å²) < 4.78 is 0. The monoisotopic (exact) mass is 199 g/mol. The Morgan fingerprint density at radius 2 is 2.30 bits per heavy atom. The molecule has 0 unspecified atom stereocenters. The van der Waals surface area contributed by atoms with E-state index >= 15 is 0 Å². The fourth-order valence-electron chi connectivity index (χ4n) is 0.893. The van der Waals surface area contributed by atoms with Gasteiger partial charge in [-0.1, -0.05) is 15.9 Å². The Morgan fingerprint density at radius 1 is 1.60 bits per heavy atom. The summed E-state index contributed by atoms with van der Waals surface area (Å²) in [5.41, 5.74) is 2.56. The van der Waals surface area contributed by atoms with Crippen molar-refractivity contribution >= 4 is 15.9 Å². The summed E-state index contributed by atoms with van der Waals surface area (Å²) in [7, 11) is 0. The number of rotatable bonds is 1. The van der Waals surface area contributed by atoms with Crippen molar-refractivity contribution in [3.8, 4) is 0 Å². The molecule has 1 atom stereocenters. The second kappa shape index (κ2) is 3.15. The van der Waals surface area contributed by atoms with Crippen LogP contribution < -0.4 is 0 Å². The number of pyridine rings is 1. The summed E-state index contributed by atoms with van der Waals surface area (Å²) in [5.74, 6) is 0. The van der Waals surface area contributed by atoms with Gasteiger partial charge in [-0.15, -0.1) is 0 Å². The molecule has 1 heterocycles. The summed E-state index contributed by atoms with van der Waals surface area (Å²) in [6.07, 6.45) is 3.71. The number of hydrogen-bond donors (Lipinski definition) is 0. The third kappa shape index (κ3) is 1.57. The van der Waals surface area contributed by atoms with Crippen LogP contribution in [0.4, 0.5) is 0 Å². The number of aryl methyl sites for hydroxylation is 1. The zero-order valence-electron chi connectivity index (χ0n) is 6.13. The third-order valence-corrected chi connectivity index (χ3v) is 2.00. The van der Waals surface area contributed by atoms with Crippen LogP contribution in [0.3, 0.4) is 0 Å². The van der Waals surface area contributed by atoms with Gasteiger partial charge in [-0.05, 0) is 31.0 Å². The molecular formula is C8H10BrN. The average molecular weight is 200 g/mol. The first-order chi connectivity index (χ1) is 4.72. The summed E-state index contributed by atoms with van der Waals surface area (Å²) in [6, 6.07) is 2.02. The van der Waals surface area contributed by atoms with Crippen molar-refractivity contribution in [1.82, 2.24) is 4.98 Å². The van der Waals surface area contributed by atoms with Crippen molar-refractivity contribution in [2.24, 2.45) is 0 Å². The number of hydrogen-bond acceptors (Lipinski definition) is 1. The second-order valence-corrected chi connectivity index (χ2v) is 3.72. The molecule has 0 spiro atoms. The van der Waals surface area contributed by atoms with Gasteiger partial charge in [-0.25, -0.2) is 0 Å². The zero-order chi connectivity index (χ0) is 7.56. The Bertz CT molecular complexity index is 220. The highest BCUT2D eigenvalue weighted by Crippen LogP contribution is 2.23. The SMILES string of the molecule is Cc1ccncc1[C@@H](C)Br. The average Bonchev–Trinajstić information content (AvgIpc) is 1.88. The molecular weight excluding hydrogens is 190 g/mol. The summed E-state index contributed by atoms with van der Waals surface area (Å²) >= 11 is 3.49. The molecule has 1 aromatic heterocycles. The maximum absolute atomic E-state index is 4.04. The predicted octanol–water partition coefficient (Wildman–Crippen LogP) is 2.85. The molecule has 10 heavy (non-hydrogen) atoms. The van der Waals surface area contributed by atoms with Crippen LogP contribution in [-0.4, -0.2) is 4.98 Å². The molecule has 0 radical (unpaired) electrons. The lowest BCUT2D eigenvalue weighted by molar-refractivity contribution is 1.06. The normalized spacial score (nSPS) is 13.1. The summed E-state index contributed by atoms with van der Waals surface area (Å²) in [5, 5.41) is 0. The summed E-state index contributed by atoms with van der Waals surface area (Å²) in [6.45, 7) is 4.19.